The van der Waals surface area contributed by atoms with Crippen LogP contribution >= 0.6 is 0 Å². The molecule has 0 bridgehead atoms. The number of benzene rings is 1. The molecule has 0 aromatic heterocycles. The summed E-state index contributed by atoms with van der Waals surface area (Å²) < 4.78 is 0. The summed E-state index contributed by atoms with van der Waals surface area (Å²) in [5.74, 6) is 0.365. The number of nitrogens with one attached hydrogen (secondary N) is 2. The first-order chi connectivity index (χ1) is 14.2. The molecule has 2 aliphatic heterocycles. The molecule has 1 aromatic rings. The van der Waals surface area contributed by atoms with Gasteiger partial charge in [0.1, 0.15) is 5.75 Å². The highest BCUT2D eigenvalue weighted by atomic mass is 16.3. The van der Waals surface area contributed by atoms with Crippen LogP contribution in [0.3, 0.4) is 0 Å². The lowest BCUT2D eigenvalue weighted by Crippen LogP contribution is -2.47. The van der Waals surface area contributed by atoms with Crippen molar-refractivity contribution in [2.75, 3.05) is 26.2 Å². The lowest BCUT2D eigenvalue weighted by molar-refractivity contribution is 0.206. The molecule has 2 atom stereocenters. The van der Waals surface area contributed by atoms with Gasteiger partial charge in [0.25, 0.3) is 0 Å². The molecule has 0 spiro atoms. The molecule has 1 saturated heterocycles. The van der Waals surface area contributed by atoms with Crippen molar-refractivity contribution in [1.82, 2.24) is 15.5 Å². The van der Waals surface area contributed by atoms with E-state index in [-0.39, 0.29) is 0 Å². The van der Waals surface area contributed by atoms with E-state index in [2.05, 4.69) is 52.6 Å². The summed E-state index contributed by atoms with van der Waals surface area (Å²) in [7, 11) is 0. The molecule has 0 radical (unpaired) electrons. The summed E-state index contributed by atoms with van der Waals surface area (Å²) in [5, 5.41) is 18.0. The number of dihydropyridines is 1. The number of nitrogens with zero attached hydrogens (tertiary/aromatic N) is 2. The Morgan fingerprint density at radius 1 is 1.24 bits per heavy atom. The predicted octanol–water partition coefficient (Wildman–Crippen LogP) is 3.52. The Morgan fingerprint density at radius 3 is 2.86 bits per heavy atom. The molecule has 0 saturated carbocycles. The zero-order chi connectivity index (χ0) is 20.5. The molecule has 2 heterocycles. The number of rotatable bonds is 9. The first-order valence-corrected chi connectivity index (χ1v) is 11.0. The Balaban J connectivity index is 1.76. The summed E-state index contributed by atoms with van der Waals surface area (Å²) in [6.45, 7) is 8.72. The smallest absolute Gasteiger partial charge is 0.128 e. The maximum absolute atomic E-state index is 10.9. The number of aryl methyl sites for hydroxylation is 1. The van der Waals surface area contributed by atoms with Crippen molar-refractivity contribution < 1.29 is 5.11 Å². The van der Waals surface area contributed by atoms with Crippen LogP contribution in [0, 0.1) is 6.92 Å². The summed E-state index contributed by atoms with van der Waals surface area (Å²) in [6.07, 6.45) is 15.0. The highest BCUT2D eigenvalue weighted by Gasteiger charge is 2.21. The Hall–Kier alpha value is -2.11. The van der Waals surface area contributed by atoms with E-state index in [1.807, 2.05) is 24.6 Å². The Labute approximate surface area is 175 Å². The molecule has 29 heavy (non-hydrogen) atoms. The number of phenolic OH excluding ortho intramolecular Hbond substituents is 1. The third-order valence-corrected chi connectivity index (χ3v) is 5.55. The quantitative estimate of drug-likeness (QED) is 0.559. The lowest BCUT2D eigenvalue weighted by Gasteiger charge is -2.33. The topological polar surface area (TPSA) is 59.9 Å². The molecule has 5 nitrogen and oxygen atoms in total. The average Bonchev–Trinajstić information content (AvgIpc) is 2.73. The van der Waals surface area contributed by atoms with Gasteiger partial charge in [0.05, 0.1) is 6.04 Å². The second-order valence-electron chi connectivity index (χ2n) is 8.26. The molecular formula is C24H36N4O. The van der Waals surface area contributed by atoms with Crippen LogP contribution in [0.5, 0.6) is 5.75 Å². The highest BCUT2D eigenvalue weighted by Crippen LogP contribution is 2.25. The van der Waals surface area contributed by atoms with E-state index < -0.39 is 0 Å². The van der Waals surface area contributed by atoms with E-state index in [0.29, 0.717) is 17.8 Å². The van der Waals surface area contributed by atoms with E-state index in [0.717, 1.165) is 55.8 Å². The molecule has 0 amide bonds. The normalized spacial score (nSPS) is 21.8. The zero-order valence-electron chi connectivity index (χ0n) is 17.9. The first-order valence-electron chi connectivity index (χ1n) is 11.0. The van der Waals surface area contributed by atoms with Crippen LogP contribution in [0.15, 0.2) is 41.6 Å². The minimum Gasteiger partial charge on any atom is -0.507 e. The van der Waals surface area contributed by atoms with Crippen LogP contribution in [-0.4, -0.2) is 54.5 Å². The number of aromatic hydroxyl groups is 1. The van der Waals surface area contributed by atoms with Gasteiger partial charge in [-0.2, -0.15) is 0 Å². The largest absolute Gasteiger partial charge is 0.507 e. The molecule has 158 valence electrons. The van der Waals surface area contributed by atoms with Gasteiger partial charge < -0.3 is 15.7 Å². The SMILES string of the molecule is CCCN=Cc1cc(C)cc(CN(CC2C=CC=CN2)CC2CCCCN2)c1O. The maximum Gasteiger partial charge on any atom is 0.128 e. The number of piperidine rings is 1. The molecule has 2 aliphatic rings. The van der Waals surface area contributed by atoms with Gasteiger partial charge in [0, 0.05) is 49.6 Å². The van der Waals surface area contributed by atoms with Crippen molar-refractivity contribution in [3.8, 4) is 5.75 Å². The van der Waals surface area contributed by atoms with Crippen LogP contribution in [-0.2, 0) is 6.54 Å². The molecule has 0 aliphatic carbocycles. The highest BCUT2D eigenvalue weighted by molar-refractivity contribution is 5.84. The van der Waals surface area contributed by atoms with Crippen molar-refractivity contribution in [3.63, 3.8) is 0 Å². The number of hydrogen-bond acceptors (Lipinski definition) is 5. The van der Waals surface area contributed by atoms with Crippen molar-refractivity contribution in [3.05, 3.63) is 53.3 Å². The van der Waals surface area contributed by atoms with Gasteiger partial charge in [-0.05, 0) is 56.6 Å². The van der Waals surface area contributed by atoms with E-state index >= 15 is 0 Å². The van der Waals surface area contributed by atoms with Crippen LogP contribution in [0.1, 0.15) is 49.3 Å². The van der Waals surface area contributed by atoms with E-state index in [1.165, 1.54) is 19.3 Å². The summed E-state index contributed by atoms with van der Waals surface area (Å²) in [4.78, 5) is 6.90. The van der Waals surface area contributed by atoms with Gasteiger partial charge in [-0.15, -0.1) is 0 Å². The van der Waals surface area contributed by atoms with Crippen molar-refractivity contribution in [1.29, 1.82) is 0 Å². The zero-order valence-corrected chi connectivity index (χ0v) is 17.9. The van der Waals surface area contributed by atoms with Crippen LogP contribution in [0.25, 0.3) is 0 Å². The van der Waals surface area contributed by atoms with E-state index in [9.17, 15) is 5.11 Å². The molecule has 3 rings (SSSR count). The summed E-state index contributed by atoms with van der Waals surface area (Å²) in [5.41, 5.74) is 2.96. The van der Waals surface area contributed by atoms with Gasteiger partial charge in [0.2, 0.25) is 0 Å². The lowest BCUT2D eigenvalue weighted by atomic mass is 10.0. The second kappa shape index (κ2) is 11.2. The van der Waals surface area contributed by atoms with Gasteiger partial charge in [-0.25, -0.2) is 0 Å². The van der Waals surface area contributed by atoms with Gasteiger partial charge in [-0.1, -0.05) is 31.6 Å². The number of allylic oxidation sites excluding steroid dienone is 2. The first kappa shape index (κ1) is 21.6. The molecule has 1 fully saturated rings. The summed E-state index contributed by atoms with van der Waals surface area (Å²) in [6, 6.07) is 4.93. The van der Waals surface area contributed by atoms with Crippen molar-refractivity contribution in [2.45, 2.75) is 58.2 Å². The molecule has 3 N–H and O–H groups in total. The van der Waals surface area contributed by atoms with Gasteiger partial charge in [0.15, 0.2) is 0 Å². The predicted molar refractivity (Wildman–Crippen MR) is 122 cm³/mol. The van der Waals surface area contributed by atoms with Crippen molar-refractivity contribution >= 4 is 6.21 Å². The third kappa shape index (κ3) is 6.72. The fraction of sp³-hybridized carbons (Fsp3) is 0.542. The van der Waals surface area contributed by atoms with Crippen LogP contribution in [0.4, 0.5) is 0 Å². The average molecular weight is 397 g/mol. The second-order valence-corrected chi connectivity index (χ2v) is 8.26. The standard InChI is InChI=1S/C24H36N4O/c1-3-10-25-15-20-13-19(2)14-21(24(20)29)16-28(17-22-8-4-6-11-26-22)18-23-9-5-7-12-27-23/h4,6,8,11,13-15,22-23,26-27,29H,3,5,7,9-10,12,16-18H2,1-2H3. The minimum atomic E-state index is 0.293. The maximum atomic E-state index is 10.9. The fourth-order valence-electron chi connectivity index (χ4n) is 4.11. The number of aliphatic imine (C=N–C) groups is 1. The van der Waals surface area contributed by atoms with E-state index in [4.69, 9.17) is 0 Å². The molecule has 1 aromatic carbocycles. The van der Waals surface area contributed by atoms with Crippen LogP contribution < -0.4 is 10.6 Å². The molecule has 2 unspecified atom stereocenters. The minimum absolute atomic E-state index is 0.293. The Morgan fingerprint density at radius 2 is 2.14 bits per heavy atom. The Bertz CT molecular complexity index is 735. The Kier molecular flexibility index (Phi) is 8.32. The molecule has 5 heteroatoms. The van der Waals surface area contributed by atoms with Crippen molar-refractivity contribution in [2.24, 2.45) is 4.99 Å². The molecular weight excluding hydrogens is 360 g/mol. The van der Waals surface area contributed by atoms with Gasteiger partial charge >= 0.3 is 0 Å². The third-order valence-electron chi connectivity index (χ3n) is 5.55. The van der Waals surface area contributed by atoms with Gasteiger partial charge in [-0.3, -0.25) is 9.89 Å². The summed E-state index contributed by atoms with van der Waals surface area (Å²) >= 11 is 0. The fourth-order valence-corrected chi connectivity index (χ4v) is 4.11. The van der Waals surface area contributed by atoms with Crippen LogP contribution in [0.2, 0.25) is 0 Å². The van der Waals surface area contributed by atoms with E-state index in [1.54, 1.807) is 0 Å². The monoisotopic (exact) mass is 396 g/mol. The number of phenols is 1. The number of hydrogen-bond donors (Lipinski definition) is 3.